The van der Waals surface area contributed by atoms with E-state index in [4.69, 9.17) is 27.6 Å². The second-order valence-corrected chi connectivity index (χ2v) is 5.19. The van der Waals surface area contributed by atoms with Gasteiger partial charge in [0.2, 0.25) is 12.3 Å². The molecule has 21 heavy (non-hydrogen) atoms. The maximum absolute atomic E-state index is 6.14. The van der Waals surface area contributed by atoms with Crippen LogP contribution in [0.5, 0.6) is 0 Å². The van der Waals surface area contributed by atoms with E-state index < -0.39 is 0 Å². The first kappa shape index (κ1) is 13.9. The van der Waals surface area contributed by atoms with Crippen LogP contribution in [0.2, 0.25) is 10.0 Å². The highest BCUT2D eigenvalue weighted by atomic mass is 35.5. The molecule has 0 aliphatic carbocycles. The molecule has 0 aliphatic rings. The van der Waals surface area contributed by atoms with Gasteiger partial charge in [-0.05, 0) is 36.4 Å². The molecule has 3 rings (SSSR count). The molecule has 0 aliphatic heterocycles. The van der Waals surface area contributed by atoms with Crippen molar-refractivity contribution in [2.24, 2.45) is 0 Å². The van der Waals surface area contributed by atoms with E-state index >= 15 is 0 Å². The van der Waals surface area contributed by atoms with Gasteiger partial charge in [0, 0.05) is 33.4 Å². The highest BCUT2D eigenvalue weighted by Gasteiger charge is 2.06. The molecule has 106 valence electrons. The zero-order chi connectivity index (χ0) is 14.7. The Morgan fingerprint density at radius 1 is 1.00 bits per heavy atom. The average molecular weight is 320 g/mol. The molecule has 0 saturated carbocycles. The lowest BCUT2D eigenvalue weighted by Gasteiger charge is -2.10. The largest absolute Gasteiger partial charge is 0.423 e. The number of nitrogens with zero attached hydrogens (tertiary/aromatic N) is 2. The van der Waals surface area contributed by atoms with Crippen molar-refractivity contribution < 1.29 is 4.42 Å². The Balaban J connectivity index is 1.71. The van der Waals surface area contributed by atoms with Crippen molar-refractivity contribution in [3.05, 3.63) is 64.5 Å². The fourth-order valence-corrected chi connectivity index (χ4v) is 2.45. The molecule has 0 unspecified atom stereocenters. The summed E-state index contributed by atoms with van der Waals surface area (Å²) in [5.41, 5.74) is 2.70. The van der Waals surface area contributed by atoms with Crippen LogP contribution in [0.25, 0.3) is 11.5 Å². The van der Waals surface area contributed by atoms with Gasteiger partial charge in [-0.3, -0.25) is 0 Å². The summed E-state index contributed by atoms with van der Waals surface area (Å²) in [5.74, 6) is 0.496. The first-order valence-electron chi connectivity index (χ1n) is 6.27. The van der Waals surface area contributed by atoms with Crippen LogP contribution in [0.15, 0.2) is 53.3 Å². The second kappa shape index (κ2) is 6.16. The molecule has 3 aromatic rings. The van der Waals surface area contributed by atoms with Crippen LogP contribution in [-0.2, 0) is 6.54 Å². The van der Waals surface area contributed by atoms with Crippen molar-refractivity contribution >= 4 is 28.9 Å². The van der Waals surface area contributed by atoms with Crippen LogP contribution in [-0.4, -0.2) is 10.2 Å². The first-order valence-corrected chi connectivity index (χ1v) is 7.03. The van der Waals surface area contributed by atoms with Crippen LogP contribution in [0.4, 0.5) is 5.69 Å². The predicted molar refractivity (Wildman–Crippen MR) is 83.5 cm³/mol. The van der Waals surface area contributed by atoms with Gasteiger partial charge in [0.25, 0.3) is 0 Å². The monoisotopic (exact) mass is 319 g/mol. The number of anilines is 1. The Morgan fingerprint density at radius 3 is 2.33 bits per heavy atom. The molecule has 0 saturated heterocycles. The summed E-state index contributed by atoms with van der Waals surface area (Å²) in [6.45, 7) is 0.554. The third-order valence-corrected chi connectivity index (χ3v) is 3.73. The second-order valence-electron chi connectivity index (χ2n) is 4.37. The molecule has 0 atom stereocenters. The normalized spacial score (nSPS) is 10.6. The van der Waals surface area contributed by atoms with E-state index in [0.29, 0.717) is 22.5 Å². The number of halogens is 2. The zero-order valence-electron chi connectivity index (χ0n) is 10.9. The fraction of sp³-hybridized carbons (Fsp3) is 0.0667. The van der Waals surface area contributed by atoms with E-state index in [2.05, 4.69) is 15.5 Å². The lowest BCUT2D eigenvalue weighted by atomic mass is 10.2. The third kappa shape index (κ3) is 3.17. The summed E-state index contributed by atoms with van der Waals surface area (Å²) < 4.78 is 5.14. The molecule has 0 bridgehead atoms. The summed E-state index contributed by atoms with van der Waals surface area (Å²) in [4.78, 5) is 0. The minimum Gasteiger partial charge on any atom is -0.423 e. The molecule has 0 spiro atoms. The van der Waals surface area contributed by atoms with E-state index in [1.807, 2.05) is 42.5 Å². The van der Waals surface area contributed by atoms with Crippen LogP contribution in [0.1, 0.15) is 5.56 Å². The molecule has 1 N–H and O–H groups in total. The van der Waals surface area contributed by atoms with E-state index in [-0.39, 0.29) is 0 Å². The minimum atomic E-state index is 0.496. The summed E-state index contributed by atoms with van der Waals surface area (Å²) in [6, 6.07) is 13.2. The molecule has 6 heteroatoms. The Labute approximate surface area is 131 Å². The standard InChI is InChI=1S/C15H11Cl2N3O/c16-13-2-1-3-14(17)12(13)8-18-11-6-4-10(5-7-11)15-20-19-9-21-15/h1-7,9,18H,8H2. The van der Waals surface area contributed by atoms with Crippen LogP contribution >= 0.6 is 23.2 Å². The molecule has 1 aromatic heterocycles. The SMILES string of the molecule is Clc1cccc(Cl)c1CNc1ccc(-c2nnco2)cc1. The smallest absolute Gasteiger partial charge is 0.247 e. The van der Waals surface area contributed by atoms with Gasteiger partial charge < -0.3 is 9.73 Å². The van der Waals surface area contributed by atoms with Crippen LogP contribution < -0.4 is 5.32 Å². The summed E-state index contributed by atoms with van der Waals surface area (Å²) in [5, 5.41) is 12.1. The number of nitrogens with one attached hydrogen (secondary N) is 1. The molecule has 0 radical (unpaired) electrons. The van der Waals surface area contributed by atoms with Gasteiger partial charge in [-0.2, -0.15) is 0 Å². The quantitative estimate of drug-likeness (QED) is 0.760. The Bertz CT molecular complexity index is 707. The molecule has 2 aromatic carbocycles. The maximum atomic E-state index is 6.14. The van der Waals surface area contributed by atoms with Gasteiger partial charge in [0.1, 0.15) is 0 Å². The number of aromatic nitrogens is 2. The van der Waals surface area contributed by atoms with Gasteiger partial charge >= 0.3 is 0 Å². The number of hydrogen-bond donors (Lipinski definition) is 1. The van der Waals surface area contributed by atoms with Gasteiger partial charge in [-0.1, -0.05) is 29.3 Å². The van der Waals surface area contributed by atoms with Gasteiger partial charge in [0.05, 0.1) is 0 Å². The fourth-order valence-electron chi connectivity index (χ4n) is 1.92. The van der Waals surface area contributed by atoms with Crippen LogP contribution in [0.3, 0.4) is 0 Å². The number of hydrogen-bond acceptors (Lipinski definition) is 4. The van der Waals surface area contributed by atoms with E-state index in [1.165, 1.54) is 6.39 Å². The third-order valence-electron chi connectivity index (χ3n) is 3.02. The van der Waals surface area contributed by atoms with Crippen molar-refractivity contribution in [3.63, 3.8) is 0 Å². The van der Waals surface area contributed by atoms with E-state index in [1.54, 1.807) is 0 Å². The Morgan fingerprint density at radius 2 is 1.71 bits per heavy atom. The minimum absolute atomic E-state index is 0.496. The summed E-state index contributed by atoms with van der Waals surface area (Å²) in [7, 11) is 0. The van der Waals surface area contributed by atoms with Crippen molar-refractivity contribution in [1.82, 2.24) is 10.2 Å². The molecule has 0 fully saturated rings. The maximum Gasteiger partial charge on any atom is 0.247 e. The van der Waals surface area contributed by atoms with Crippen molar-refractivity contribution in [3.8, 4) is 11.5 Å². The highest BCUT2D eigenvalue weighted by molar-refractivity contribution is 6.36. The van der Waals surface area contributed by atoms with Crippen molar-refractivity contribution in [1.29, 1.82) is 0 Å². The highest BCUT2D eigenvalue weighted by Crippen LogP contribution is 2.25. The van der Waals surface area contributed by atoms with Crippen LogP contribution in [0, 0.1) is 0 Å². The molecular formula is C15H11Cl2N3O. The lowest BCUT2D eigenvalue weighted by Crippen LogP contribution is -2.00. The molecular weight excluding hydrogens is 309 g/mol. The summed E-state index contributed by atoms with van der Waals surface area (Å²) in [6.07, 6.45) is 1.31. The van der Waals surface area contributed by atoms with Gasteiger partial charge in [-0.25, -0.2) is 0 Å². The Kier molecular flexibility index (Phi) is 4.08. The number of benzene rings is 2. The molecule has 4 nitrogen and oxygen atoms in total. The number of rotatable bonds is 4. The van der Waals surface area contributed by atoms with E-state index in [9.17, 15) is 0 Å². The lowest BCUT2D eigenvalue weighted by molar-refractivity contribution is 0.568. The topological polar surface area (TPSA) is 51.0 Å². The van der Waals surface area contributed by atoms with E-state index in [0.717, 1.165) is 16.8 Å². The first-order chi connectivity index (χ1) is 10.2. The van der Waals surface area contributed by atoms with Gasteiger partial charge in [0.15, 0.2) is 0 Å². The zero-order valence-corrected chi connectivity index (χ0v) is 12.4. The van der Waals surface area contributed by atoms with Crippen molar-refractivity contribution in [2.45, 2.75) is 6.54 Å². The average Bonchev–Trinajstić information content (AvgIpc) is 3.02. The van der Waals surface area contributed by atoms with Crippen molar-refractivity contribution in [2.75, 3.05) is 5.32 Å². The van der Waals surface area contributed by atoms with Gasteiger partial charge in [-0.15, -0.1) is 10.2 Å². The molecule has 1 heterocycles. The molecule has 0 amide bonds. The summed E-state index contributed by atoms with van der Waals surface area (Å²) >= 11 is 12.3. The predicted octanol–water partition coefficient (Wildman–Crippen LogP) is 4.66. The Hall–Kier alpha value is -2.04.